The van der Waals surface area contributed by atoms with Crippen LogP contribution in [-0.2, 0) is 0 Å². The van der Waals surface area contributed by atoms with Crippen LogP contribution in [0.5, 0.6) is 11.5 Å². The molecule has 1 aromatic carbocycles. The lowest BCUT2D eigenvalue weighted by Crippen LogP contribution is -2.23. The summed E-state index contributed by atoms with van der Waals surface area (Å²) in [6.07, 6.45) is 1.96. The van der Waals surface area contributed by atoms with Crippen molar-refractivity contribution in [3.63, 3.8) is 0 Å². The van der Waals surface area contributed by atoms with Gasteiger partial charge in [-0.25, -0.2) is 0 Å². The number of ether oxygens (including phenoxy) is 2. The van der Waals surface area contributed by atoms with E-state index >= 15 is 0 Å². The van der Waals surface area contributed by atoms with E-state index in [-0.39, 0.29) is 6.04 Å². The summed E-state index contributed by atoms with van der Waals surface area (Å²) in [5, 5.41) is 3.55. The molecule has 0 heterocycles. The van der Waals surface area contributed by atoms with Crippen LogP contribution in [0.2, 0.25) is 0 Å². The van der Waals surface area contributed by atoms with Crippen molar-refractivity contribution in [1.29, 1.82) is 0 Å². The lowest BCUT2D eigenvalue weighted by Gasteiger charge is -2.23. The third-order valence-electron chi connectivity index (χ3n) is 3.01. The third kappa shape index (κ3) is 4.28. The largest absolute Gasteiger partial charge is 0.496 e. The van der Waals surface area contributed by atoms with Gasteiger partial charge in [0.05, 0.1) is 19.8 Å². The molecule has 0 fully saturated rings. The molecule has 0 bridgehead atoms. The van der Waals surface area contributed by atoms with Crippen LogP contribution in [-0.4, -0.2) is 20.8 Å². The highest BCUT2D eigenvalue weighted by atomic mass is 16.5. The van der Waals surface area contributed by atoms with E-state index in [1.807, 2.05) is 25.1 Å². The average Bonchev–Trinajstić information content (AvgIpc) is 2.42. The van der Waals surface area contributed by atoms with E-state index in [0.29, 0.717) is 0 Å². The third-order valence-corrected chi connectivity index (χ3v) is 3.01. The van der Waals surface area contributed by atoms with Crippen molar-refractivity contribution in [2.45, 2.75) is 32.7 Å². The van der Waals surface area contributed by atoms with E-state index in [1.165, 1.54) is 0 Å². The number of methoxy groups -OCH3 is 2. The molecular weight excluding hydrogens is 238 g/mol. The van der Waals surface area contributed by atoms with Crippen LogP contribution in [0.25, 0.3) is 0 Å². The zero-order chi connectivity index (χ0) is 14.3. The zero-order valence-corrected chi connectivity index (χ0v) is 12.5. The van der Waals surface area contributed by atoms with Crippen molar-refractivity contribution in [3.05, 3.63) is 35.9 Å². The van der Waals surface area contributed by atoms with Gasteiger partial charge in [0.15, 0.2) is 0 Å². The Kier molecular flexibility index (Phi) is 6.43. The molecule has 0 spiro atoms. The minimum absolute atomic E-state index is 0.170. The molecule has 0 aliphatic heterocycles. The highest BCUT2D eigenvalue weighted by molar-refractivity contribution is 5.47. The summed E-state index contributed by atoms with van der Waals surface area (Å²) in [6, 6.07) is 6.05. The highest BCUT2D eigenvalue weighted by Gasteiger charge is 2.20. The Hall–Kier alpha value is -1.48. The maximum Gasteiger partial charge on any atom is 0.127 e. The second-order valence-corrected chi connectivity index (χ2v) is 4.74. The molecule has 1 atom stereocenters. The first kappa shape index (κ1) is 15.6. The molecule has 0 aliphatic rings. The van der Waals surface area contributed by atoms with E-state index in [2.05, 4.69) is 18.8 Å². The van der Waals surface area contributed by atoms with Gasteiger partial charge in [-0.1, -0.05) is 18.6 Å². The van der Waals surface area contributed by atoms with Gasteiger partial charge in [-0.3, -0.25) is 0 Å². The number of rotatable bonds is 8. The standard InChI is InChI=1S/C16H25NO2/c1-6-10-17-13(11-12(2)3)16-14(18-4)8-7-9-15(16)19-5/h7-9,13,17H,2,6,10-11H2,1,3-5H3. The molecule has 0 amide bonds. The van der Waals surface area contributed by atoms with Crippen molar-refractivity contribution in [2.24, 2.45) is 0 Å². The monoisotopic (exact) mass is 263 g/mol. The smallest absolute Gasteiger partial charge is 0.127 e. The molecular formula is C16H25NO2. The Labute approximate surface area is 116 Å². The Bertz CT molecular complexity index is 393. The summed E-state index contributed by atoms with van der Waals surface area (Å²) in [4.78, 5) is 0. The van der Waals surface area contributed by atoms with Crippen LogP contribution >= 0.6 is 0 Å². The topological polar surface area (TPSA) is 30.5 Å². The van der Waals surface area contributed by atoms with Crippen LogP contribution in [0.1, 0.15) is 38.3 Å². The predicted octanol–water partition coefficient (Wildman–Crippen LogP) is 3.71. The molecule has 0 saturated carbocycles. The molecule has 1 N–H and O–H groups in total. The van der Waals surface area contributed by atoms with Crippen LogP contribution in [0, 0.1) is 0 Å². The van der Waals surface area contributed by atoms with E-state index in [9.17, 15) is 0 Å². The number of hydrogen-bond acceptors (Lipinski definition) is 3. The van der Waals surface area contributed by atoms with Gasteiger partial charge >= 0.3 is 0 Å². The van der Waals surface area contributed by atoms with Crippen molar-refractivity contribution >= 4 is 0 Å². The normalized spacial score (nSPS) is 12.0. The fourth-order valence-corrected chi connectivity index (χ4v) is 2.17. The number of nitrogens with one attached hydrogen (secondary N) is 1. The second kappa shape index (κ2) is 7.85. The van der Waals surface area contributed by atoms with Crippen molar-refractivity contribution in [3.8, 4) is 11.5 Å². The predicted molar refractivity (Wildman–Crippen MR) is 80.0 cm³/mol. The first-order chi connectivity index (χ1) is 9.13. The molecule has 3 nitrogen and oxygen atoms in total. The lowest BCUT2D eigenvalue weighted by molar-refractivity contribution is 0.369. The lowest BCUT2D eigenvalue weighted by atomic mass is 9.98. The van der Waals surface area contributed by atoms with Crippen molar-refractivity contribution in [1.82, 2.24) is 5.32 Å². The number of benzene rings is 1. The Balaban J connectivity index is 3.14. The molecule has 1 aromatic rings. The summed E-state index contributed by atoms with van der Waals surface area (Å²) in [5.41, 5.74) is 2.21. The van der Waals surface area contributed by atoms with E-state index in [1.54, 1.807) is 14.2 Å². The van der Waals surface area contributed by atoms with Gasteiger partial charge < -0.3 is 14.8 Å². The summed E-state index contributed by atoms with van der Waals surface area (Å²) in [5.74, 6) is 1.71. The van der Waals surface area contributed by atoms with Gasteiger partial charge in [-0.2, -0.15) is 0 Å². The van der Waals surface area contributed by atoms with E-state index in [0.717, 1.165) is 42.0 Å². The van der Waals surface area contributed by atoms with Gasteiger partial charge in [0.2, 0.25) is 0 Å². The maximum atomic E-state index is 5.48. The average molecular weight is 263 g/mol. The molecule has 1 unspecified atom stereocenters. The molecule has 0 radical (unpaired) electrons. The molecule has 19 heavy (non-hydrogen) atoms. The van der Waals surface area contributed by atoms with Crippen LogP contribution in [0.15, 0.2) is 30.4 Å². The Morgan fingerprint density at radius 3 is 2.26 bits per heavy atom. The van der Waals surface area contributed by atoms with Gasteiger partial charge in [-0.15, -0.1) is 6.58 Å². The maximum absolute atomic E-state index is 5.48. The molecule has 106 valence electrons. The zero-order valence-electron chi connectivity index (χ0n) is 12.5. The minimum Gasteiger partial charge on any atom is -0.496 e. The summed E-state index contributed by atoms with van der Waals surface area (Å²) in [7, 11) is 3.38. The summed E-state index contributed by atoms with van der Waals surface area (Å²) >= 11 is 0. The summed E-state index contributed by atoms with van der Waals surface area (Å²) in [6.45, 7) is 9.18. The second-order valence-electron chi connectivity index (χ2n) is 4.74. The molecule has 0 aromatic heterocycles. The van der Waals surface area contributed by atoms with Gasteiger partial charge in [-0.05, 0) is 38.4 Å². The quantitative estimate of drug-likeness (QED) is 0.725. The van der Waals surface area contributed by atoms with Crippen molar-refractivity contribution < 1.29 is 9.47 Å². The van der Waals surface area contributed by atoms with Crippen LogP contribution in [0.4, 0.5) is 0 Å². The first-order valence-electron chi connectivity index (χ1n) is 6.72. The Morgan fingerprint density at radius 2 is 1.84 bits per heavy atom. The van der Waals surface area contributed by atoms with Crippen LogP contribution in [0.3, 0.4) is 0 Å². The van der Waals surface area contributed by atoms with E-state index < -0.39 is 0 Å². The fraction of sp³-hybridized carbons (Fsp3) is 0.500. The molecule has 3 heteroatoms. The fourth-order valence-electron chi connectivity index (χ4n) is 2.17. The molecule has 0 saturated heterocycles. The van der Waals surface area contributed by atoms with Gasteiger partial charge in [0.25, 0.3) is 0 Å². The SMILES string of the molecule is C=C(C)CC(NCCC)c1c(OC)cccc1OC. The van der Waals surface area contributed by atoms with Crippen molar-refractivity contribution in [2.75, 3.05) is 20.8 Å². The van der Waals surface area contributed by atoms with Gasteiger partial charge in [0, 0.05) is 6.04 Å². The first-order valence-corrected chi connectivity index (χ1v) is 6.72. The highest BCUT2D eigenvalue weighted by Crippen LogP contribution is 2.36. The number of hydrogen-bond donors (Lipinski definition) is 1. The van der Waals surface area contributed by atoms with Crippen LogP contribution < -0.4 is 14.8 Å². The Morgan fingerprint density at radius 1 is 1.26 bits per heavy atom. The summed E-state index contributed by atoms with van der Waals surface area (Å²) < 4.78 is 11.0. The van der Waals surface area contributed by atoms with Gasteiger partial charge in [0.1, 0.15) is 11.5 Å². The van der Waals surface area contributed by atoms with E-state index in [4.69, 9.17) is 9.47 Å². The molecule has 0 aliphatic carbocycles. The minimum atomic E-state index is 0.170. The molecule has 1 rings (SSSR count).